The summed E-state index contributed by atoms with van der Waals surface area (Å²) in [6.07, 6.45) is 0. The molecule has 0 unspecified atom stereocenters. The van der Waals surface area contributed by atoms with E-state index in [9.17, 15) is 4.79 Å². The van der Waals surface area contributed by atoms with Crippen molar-refractivity contribution in [1.82, 2.24) is 10.2 Å². The van der Waals surface area contributed by atoms with Crippen LogP contribution >= 0.6 is 34.4 Å². The van der Waals surface area contributed by atoms with Crippen molar-refractivity contribution in [1.29, 1.82) is 0 Å². The molecule has 3 aromatic rings. The van der Waals surface area contributed by atoms with E-state index in [-0.39, 0.29) is 11.7 Å². The van der Waals surface area contributed by atoms with Crippen molar-refractivity contribution in [3.8, 4) is 11.5 Å². The van der Waals surface area contributed by atoms with Gasteiger partial charge in [0, 0.05) is 14.8 Å². The lowest BCUT2D eigenvalue weighted by molar-refractivity contribution is -0.113. The molecule has 7 heteroatoms. The first-order valence-electron chi connectivity index (χ1n) is 7.61. The van der Waals surface area contributed by atoms with Crippen LogP contribution in [-0.4, -0.2) is 21.9 Å². The van der Waals surface area contributed by atoms with E-state index in [0.717, 1.165) is 25.9 Å². The maximum absolute atomic E-state index is 12.1. The first-order chi connectivity index (χ1) is 12.0. The van der Waals surface area contributed by atoms with Crippen LogP contribution in [0.4, 0.5) is 5.69 Å². The molecule has 0 aliphatic heterocycles. The Morgan fingerprint density at radius 2 is 1.96 bits per heavy atom. The molecule has 1 N–H and O–H groups in total. The minimum atomic E-state index is -0.107. The van der Waals surface area contributed by atoms with Gasteiger partial charge in [-0.05, 0) is 71.8 Å². The molecule has 2 aromatic carbocycles. The van der Waals surface area contributed by atoms with Gasteiger partial charge in [-0.3, -0.25) is 4.79 Å². The van der Waals surface area contributed by atoms with Crippen LogP contribution in [0.5, 0.6) is 0 Å². The number of anilines is 1. The summed E-state index contributed by atoms with van der Waals surface area (Å²) in [6.45, 7) is 3.96. The van der Waals surface area contributed by atoms with Gasteiger partial charge in [-0.25, -0.2) is 0 Å². The first kappa shape index (κ1) is 17.9. The Morgan fingerprint density at radius 3 is 2.72 bits per heavy atom. The molecule has 0 aliphatic rings. The third-order valence-corrected chi connectivity index (χ3v) is 5.06. The number of aryl methyl sites for hydroxylation is 2. The van der Waals surface area contributed by atoms with E-state index >= 15 is 0 Å². The second kappa shape index (κ2) is 8.01. The lowest BCUT2D eigenvalue weighted by Gasteiger charge is -2.07. The van der Waals surface area contributed by atoms with Gasteiger partial charge in [-0.1, -0.05) is 30.0 Å². The van der Waals surface area contributed by atoms with Crippen LogP contribution in [0.3, 0.4) is 0 Å². The predicted octanol–water partition coefficient (Wildman–Crippen LogP) is 4.69. The number of carbonyl (C=O) groups excluding carboxylic acids is 1. The monoisotopic (exact) mass is 465 g/mol. The van der Waals surface area contributed by atoms with Crippen molar-refractivity contribution in [2.45, 2.75) is 19.1 Å². The minimum Gasteiger partial charge on any atom is -0.411 e. The molecule has 0 atom stereocenters. The quantitative estimate of drug-likeness (QED) is 0.438. The highest BCUT2D eigenvalue weighted by Crippen LogP contribution is 2.25. The second-order valence-electron chi connectivity index (χ2n) is 5.48. The average molecular weight is 465 g/mol. The van der Waals surface area contributed by atoms with E-state index in [0.29, 0.717) is 11.1 Å². The van der Waals surface area contributed by atoms with Crippen LogP contribution < -0.4 is 5.32 Å². The molecular weight excluding hydrogens is 449 g/mol. The predicted molar refractivity (Wildman–Crippen MR) is 108 cm³/mol. The molecule has 0 radical (unpaired) electrons. The minimum absolute atomic E-state index is 0.107. The zero-order chi connectivity index (χ0) is 17.8. The van der Waals surface area contributed by atoms with Gasteiger partial charge in [0.25, 0.3) is 5.22 Å². The molecule has 0 spiro atoms. The fraction of sp³-hybridized carbons (Fsp3) is 0.167. The lowest BCUT2D eigenvalue weighted by Crippen LogP contribution is -2.14. The van der Waals surface area contributed by atoms with E-state index in [1.165, 1.54) is 11.8 Å². The molecule has 5 nitrogen and oxygen atoms in total. The van der Waals surface area contributed by atoms with E-state index in [1.807, 2.05) is 56.3 Å². The molecule has 1 heterocycles. The topological polar surface area (TPSA) is 68.0 Å². The summed E-state index contributed by atoms with van der Waals surface area (Å²) in [7, 11) is 0. The summed E-state index contributed by atoms with van der Waals surface area (Å²) in [5.74, 6) is 0.570. The maximum atomic E-state index is 12.1. The number of nitrogens with zero attached hydrogens (tertiary/aromatic N) is 2. The molecule has 0 saturated heterocycles. The smallest absolute Gasteiger partial charge is 0.277 e. The number of amides is 1. The summed E-state index contributed by atoms with van der Waals surface area (Å²) < 4.78 is 6.79. The molecule has 1 aromatic heterocycles. The standard InChI is InChI=1S/C18H16IN3O2S/c1-11-5-3-4-6-14(11)17-21-22-18(24-17)25-10-16(23)20-15-8-7-13(19)9-12(15)2/h3-9H,10H2,1-2H3,(H,20,23). The van der Waals surface area contributed by atoms with Crippen molar-refractivity contribution in [2.24, 2.45) is 0 Å². The molecular formula is C18H16IN3O2S. The Balaban J connectivity index is 1.60. The van der Waals surface area contributed by atoms with Gasteiger partial charge in [0.1, 0.15) is 0 Å². The number of benzene rings is 2. The van der Waals surface area contributed by atoms with Gasteiger partial charge in [-0.2, -0.15) is 0 Å². The highest BCUT2D eigenvalue weighted by atomic mass is 127. The van der Waals surface area contributed by atoms with E-state index in [1.54, 1.807) is 0 Å². The average Bonchev–Trinajstić information content (AvgIpc) is 3.05. The number of nitrogens with one attached hydrogen (secondary N) is 1. The highest BCUT2D eigenvalue weighted by molar-refractivity contribution is 14.1. The van der Waals surface area contributed by atoms with Crippen molar-refractivity contribution >= 4 is 45.9 Å². The van der Waals surface area contributed by atoms with Crippen LogP contribution in [-0.2, 0) is 4.79 Å². The Hall–Kier alpha value is -1.87. The van der Waals surface area contributed by atoms with Crippen molar-refractivity contribution < 1.29 is 9.21 Å². The Bertz CT molecular complexity index is 911. The van der Waals surface area contributed by atoms with E-state index in [2.05, 4.69) is 38.1 Å². The number of hydrogen-bond acceptors (Lipinski definition) is 5. The Kier molecular flexibility index (Phi) is 5.74. The zero-order valence-electron chi connectivity index (χ0n) is 13.7. The fourth-order valence-electron chi connectivity index (χ4n) is 2.27. The molecule has 0 saturated carbocycles. The molecule has 25 heavy (non-hydrogen) atoms. The van der Waals surface area contributed by atoms with Gasteiger partial charge in [0.2, 0.25) is 11.8 Å². The fourth-order valence-corrected chi connectivity index (χ4v) is 3.48. The summed E-state index contributed by atoms with van der Waals surface area (Å²) in [5, 5.41) is 11.4. The maximum Gasteiger partial charge on any atom is 0.277 e. The van der Waals surface area contributed by atoms with Gasteiger partial charge in [0.05, 0.1) is 5.75 Å². The summed E-state index contributed by atoms with van der Waals surface area (Å²) in [5.41, 5.74) is 3.82. The summed E-state index contributed by atoms with van der Waals surface area (Å²) >= 11 is 3.47. The first-order valence-corrected chi connectivity index (χ1v) is 9.67. The van der Waals surface area contributed by atoms with Crippen LogP contribution in [0.1, 0.15) is 11.1 Å². The third kappa shape index (κ3) is 4.60. The van der Waals surface area contributed by atoms with E-state index in [4.69, 9.17) is 4.42 Å². The molecule has 0 aliphatic carbocycles. The van der Waals surface area contributed by atoms with E-state index < -0.39 is 0 Å². The normalized spacial score (nSPS) is 10.7. The number of aromatic nitrogens is 2. The molecule has 0 bridgehead atoms. The van der Waals surface area contributed by atoms with Crippen molar-refractivity contribution in [2.75, 3.05) is 11.1 Å². The Morgan fingerprint density at radius 1 is 1.16 bits per heavy atom. The van der Waals surface area contributed by atoms with Crippen LogP contribution in [0, 0.1) is 17.4 Å². The number of halogens is 1. The van der Waals surface area contributed by atoms with Gasteiger partial charge < -0.3 is 9.73 Å². The number of carbonyl (C=O) groups is 1. The molecule has 3 rings (SSSR count). The lowest BCUT2D eigenvalue weighted by atomic mass is 10.1. The number of hydrogen-bond donors (Lipinski definition) is 1. The van der Waals surface area contributed by atoms with Gasteiger partial charge in [0.15, 0.2) is 0 Å². The number of thioether (sulfide) groups is 1. The Labute approximate surface area is 163 Å². The summed E-state index contributed by atoms with van der Waals surface area (Å²) in [6, 6.07) is 13.7. The van der Waals surface area contributed by atoms with Crippen molar-refractivity contribution in [3.05, 3.63) is 57.2 Å². The SMILES string of the molecule is Cc1cc(I)ccc1NC(=O)CSc1nnc(-c2ccccc2C)o1. The molecule has 0 fully saturated rings. The molecule has 128 valence electrons. The van der Waals surface area contributed by atoms with Crippen LogP contribution in [0.15, 0.2) is 52.1 Å². The highest BCUT2D eigenvalue weighted by Gasteiger charge is 2.13. The van der Waals surface area contributed by atoms with Crippen LogP contribution in [0.25, 0.3) is 11.5 Å². The van der Waals surface area contributed by atoms with Gasteiger partial charge in [-0.15, -0.1) is 10.2 Å². The molecule has 1 amide bonds. The largest absolute Gasteiger partial charge is 0.411 e. The van der Waals surface area contributed by atoms with Crippen LogP contribution in [0.2, 0.25) is 0 Å². The third-order valence-electron chi connectivity index (χ3n) is 3.57. The second-order valence-corrected chi connectivity index (χ2v) is 7.66. The zero-order valence-corrected chi connectivity index (χ0v) is 16.7. The van der Waals surface area contributed by atoms with Crippen molar-refractivity contribution in [3.63, 3.8) is 0 Å². The number of rotatable bonds is 5. The van der Waals surface area contributed by atoms with Gasteiger partial charge >= 0.3 is 0 Å². The summed E-state index contributed by atoms with van der Waals surface area (Å²) in [4.78, 5) is 12.1.